The summed E-state index contributed by atoms with van der Waals surface area (Å²) in [5, 5.41) is 1.15. The number of para-hydroxylation sites is 1. The smallest absolute Gasteiger partial charge is 0.432 e. The summed E-state index contributed by atoms with van der Waals surface area (Å²) in [5.41, 5.74) is 0.931. The number of hydrogen-bond donors (Lipinski definition) is 0. The van der Waals surface area contributed by atoms with Gasteiger partial charge in [-0.1, -0.05) is 12.1 Å². The minimum Gasteiger partial charge on any atom is -0.493 e. The van der Waals surface area contributed by atoms with Gasteiger partial charge in [-0.25, -0.2) is 9.78 Å². The summed E-state index contributed by atoms with van der Waals surface area (Å²) in [4.78, 5) is 16.1. The zero-order valence-corrected chi connectivity index (χ0v) is 14.6. The molecule has 2 heterocycles. The maximum Gasteiger partial charge on any atom is 0.432 e. The molecule has 0 saturated carbocycles. The van der Waals surface area contributed by atoms with E-state index in [-0.39, 0.29) is 17.2 Å². The van der Waals surface area contributed by atoms with Crippen molar-refractivity contribution in [1.29, 1.82) is 0 Å². The van der Waals surface area contributed by atoms with Crippen molar-refractivity contribution < 1.29 is 32.2 Å². The number of methoxy groups -OCH3 is 1. The van der Waals surface area contributed by atoms with E-state index in [1.54, 1.807) is 25.1 Å². The first-order valence-electron chi connectivity index (χ1n) is 7.49. The highest BCUT2D eigenvalue weighted by Crippen LogP contribution is 2.39. The Morgan fingerprint density at radius 1 is 1.38 bits per heavy atom. The molecule has 1 aromatic heterocycles. The Morgan fingerprint density at radius 3 is 2.77 bits per heavy atom. The largest absolute Gasteiger partial charge is 0.493 e. The molecule has 3 rings (SSSR count). The molecule has 0 radical (unpaired) electrons. The van der Waals surface area contributed by atoms with E-state index in [1.165, 1.54) is 18.6 Å². The third-order valence-corrected chi connectivity index (χ3v) is 4.58. The third-order valence-electron chi connectivity index (χ3n) is 3.58. The van der Waals surface area contributed by atoms with Crippen molar-refractivity contribution in [3.63, 3.8) is 0 Å². The second-order valence-corrected chi connectivity index (χ2v) is 6.38. The minimum atomic E-state index is -4.77. The third kappa shape index (κ3) is 3.67. The topological polar surface area (TPSA) is 57.7 Å². The van der Waals surface area contributed by atoms with Crippen molar-refractivity contribution in [3.05, 3.63) is 45.4 Å². The number of esters is 1. The molecular formula is C17H14F3NO4S. The fourth-order valence-corrected chi connectivity index (χ4v) is 3.24. The number of halogens is 3. The Kier molecular flexibility index (Phi) is 4.90. The molecule has 5 nitrogen and oxygen atoms in total. The van der Waals surface area contributed by atoms with Gasteiger partial charge in [-0.2, -0.15) is 13.2 Å². The number of hydrogen-bond acceptors (Lipinski definition) is 6. The zero-order valence-electron chi connectivity index (χ0n) is 13.8. The van der Waals surface area contributed by atoms with Crippen molar-refractivity contribution in [2.75, 3.05) is 13.7 Å². The van der Waals surface area contributed by atoms with Crippen LogP contribution in [0.25, 0.3) is 6.08 Å². The van der Waals surface area contributed by atoms with Gasteiger partial charge in [-0.3, -0.25) is 0 Å². The molecule has 0 fully saturated rings. The molecule has 1 aliphatic heterocycles. The number of aryl methyl sites for hydroxylation is 1. The summed E-state index contributed by atoms with van der Waals surface area (Å²) < 4.78 is 55.3. The van der Waals surface area contributed by atoms with E-state index >= 15 is 0 Å². The Hall–Kier alpha value is -2.55. The Labute approximate surface area is 151 Å². The Bertz CT molecular complexity index is 860. The molecule has 1 aliphatic rings. The van der Waals surface area contributed by atoms with Gasteiger partial charge >= 0.3 is 12.1 Å². The van der Waals surface area contributed by atoms with Crippen LogP contribution >= 0.6 is 11.3 Å². The number of rotatable bonds is 4. The first-order chi connectivity index (χ1) is 12.3. The molecule has 0 saturated heterocycles. The number of carbonyl (C=O) groups excluding carboxylic acids is 1. The van der Waals surface area contributed by atoms with E-state index in [2.05, 4.69) is 4.98 Å². The maximum atomic E-state index is 13.3. The van der Waals surface area contributed by atoms with Gasteiger partial charge in [0.15, 0.2) is 11.5 Å². The molecule has 1 aromatic carbocycles. The lowest BCUT2D eigenvalue weighted by molar-refractivity contribution is -0.222. The second kappa shape index (κ2) is 6.99. The summed E-state index contributed by atoms with van der Waals surface area (Å²) in [7, 11) is 1.47. The number of ether oxygens (including phenoxy) is 3. The highest BCUT2D eigenvalue weighted by Gasteiger charge is 2.46. The van der Waals surface area contributed by atoms with Crippen molar-refractivity contribution in [2.45, 2.75) is 19.2 Å². The highest BCUT2D eigenvalue weighted by atomic mass is 32.1. The molecule has 1 unspecified atom stereocenters. The summed E-state index contributed by atoms with van der Waals surface area (Å²) in [6.45, 7) is 1.35. The van der Waals surface area contributed by atoms with Gasteiger partial charge in [0.2, 0.25) is 6.10 Å². The SMILES string of the molecule is COc1cccc2c1OCC(C(=O)OC(c1nc(C)cs1)C(F)(F)F)=C2. The number of alkyl halides is 3. The predicted molar refractivity (Wildman–Crippen MR) is 88.2 cm³/mol. The monoisotopic (exact) mass is 385 g/mol. The summed E-state index contributed by atoms with van der Waals surface area (Å²) >= 11 is 0.791. The van der Waals surface area contributed by atoms with Crippen LogP contribution < -0.4 is 9.47 Å². The fraction of sp³-hybridized carbons (Fsp3) is 0.294. The van der Waals surface area contributed by atoms with Crippen LogP contribution in [0.1, 0.15) is 22.4 Å². The zero-order chi connectivity index (χ0) is 18.9. The van der Waals surface area contributed by atoms with Gasteiger partial charge in [0, 0.05) is 16.6 Å². The maximum absolute atomic E-state index is 13.3. The van der Waals surface area contributed by atoms with Gasteiger partial charge in [0.25, 0.3) is 0 Å². The van der Waals surface area contributed by atoms with Crippen LogP contribution in [0, 0.1) is 6.92 Å². The average molecular weight is 385 g/mol. The van der Waals surface area contributed by atoms with Crippen LogP contribution in [0.4, 0.5) is 13.2 Å². The molecule has 2 aromatic rings. The number of carbonyl (C=O) groups is 1. The predicted octanol–water partition coefficient (Wildman–Crippen LogP) is 4.08. The second-order valence-electron chi connectivity index (χ2n) is 5.49. The quantitative estimate of drug-likeness (QED) is 0.743. The minimum absolute atomic E-state index is 0.0201. The van der Waals surface area contributed by atoms with Gasteiger partial charge in [-0.05, 0) is 19.1 Å². The fourth-order valence-electron chi connectivity index (χ4n) is 2.39. The van der Waals surface area contributed by atoms with Gasteiger partial charge in [0.1, 0.15) is 11.6 Å². The molecule has 26 heavy (non-hydrogen) atoms. The molecule has 1 atom stereocenters. The van der Waals surface area contributed by atoms with Crippen LogP contribution in [0.2, 0.25) is 0 Å². The lowest BCUT2D eigenvalue weighted by atomic mass is 10.1. The normalized spacial score (nSPS) is 14.7. The van der Waals surface area contributed by atoms with Crippen molar-refractivity contribution in [1.82, 2.24) is 4.98 Å². The van der Waals surface area contributed by atoms with Crippen LogP contribution in [0.5, 0.6) is 11.5 Å². The lowest BCUT2D eigenvalue weighted by Crippen LogP contribution is -2.28. The molecule has 0 bridgehead atoms. The average Bonchev–Trinajstić information content (AvgIpc) is 3.03. The van der Waals surface area contributed by atoms with Crippen LogP contribution in [0.3, 0.4) is 0 Å². The van der Waals surface area contributed by atoms with E-state index in [1.807, 2.05) is 0 Å². The lowest BCUT2D eigenvalue weighted by Gasteiger charge is -2.22. The van der Waals surface area contributed by atoms with Gasteiger partial charge in [0.05, 0.1) is 12.7 Å². The van der Waals surface area contributed by atoms with Gasteiger partial charge < -0.3 is 14.2 Å². The molecule has 138 valence electrons. The molecule has 0 spiro atoms. The van der Waals surface area contributed by atoms with E-state index in [0.717, 1.165) is 11.3 Å². The van der Waals surface area contributed by atoms with Crippen molar-refractivity contribution in [2.24, 2.45) is 0 Å². The molecular weight excluding hydrogens is 371 g/mol. The van der Waals surface area contributed by atoms with Crippen LogP contribution in [0.15, 0.2) is 29.2 Å². The number of benzene rings is 1. The highest BCUT2D eigenvalue weighted by molar-refractivity contribution is 7.09. The molecule has 9 heteroatoms. The summed E-state index contributed by atoms with van der Waals surface area (Å²) in [5.74, 6) is -0.208. The Balaban J connectivity index is 1.85. The summed E-state index contributed by atoms with van der Waals surface area (Å²) in [6, 6.07) is 5.03. The number of aromatic nitrogens is 1. The molecule has 0 amide bonds. The number of fused-ring (bicyclic) bond motifs is 1. The molecule has 0 aliphatic carbocycles. The van der Waals surface area contributed by atoms with Crippen molar-refractivity contribution in [3.8, 4) is 11.5 Å². The standard InChI is InChI=1S/C17H14F3NO4S/c1-9-8-26-15(21-9)14(17(18,19)20)25-16(22)11-6-10-4-3-5-12(23-2)13(10)24-7-11/h3-6,8,14H,7H2,1-2H3. The first kappa shape index (κ1) is 18.2. The Morgan fingerprint density at radius 2 is 2.15 bits per heavy atom. The van der Waals surface area contributed by atoms with E-state index in [4.69, 9.17) is 14.2 Å². The van der Waals surface area contributed by atoms with E-state index in [0.29, 0.717) is 22.8 Å². The summed E-state index contributed by atoms with van der Waals surface area (Å²) in [6.07, 6.45) is -5.75. The van der Waals surface area contributed by atoms with Crippen LogP contribution in [-0.2, 0) is 9.53 Å². The van der Waals surface area contributed by atoms with Crippen LogP contribution in [-0.4, -0.2) is 30.8 Å². The van der Waals surface area contributed by atoms with E-state index < -0.39 is 18.2 Å². The van der Waals surface area contributed by atoms with Gasteiger partial charge in [-0.15, -0.1) is 11.3 Å². The number of thiazole rings is 1. The molecule has 0 N–H and O–H groups in total. The van der Waals surface area contributed by atoms with E-state index in [9.17, 15) is 18.0 Å². The van der Waals surface area contributed by atoms with Crippen molar-refractivity contribution >= 4 is 23.4 Å². The number of nitrogens with zero attached hydrogens (tertiary/aromatic N) is 1. The first-order valence-corrected chi connectivity index (χ1v) is 8.37.